The zero-order valence-corrected chi connectivity index (χ0v) is 16.9. The molecule has 2 aliphatic rings. The highest BCUT2D eigenvalue weighted by Gasteiger charge is 2.31. The molecule has 2 fully saturated rings. The Labute approximate surface area is 166 Å². The van der Waals surface area contributed by atoms with Crippen LogP contribution in [0.4, 0.5) is 9.18 Å². The number of piperidine rings is 1. The maximum absolute atomic E-state index is 13.8. The number of rotatable bonds is 5. The van der Waals surface area contributed by atoms with Gasteiger partial charge in [-0.3, -0.25) is 4.79 Å². The van der Waals surface area contributed by atoms with E-state index in [9.17, 15) is 14.0 Å². The number of nitrogens with zero attached hydrogens (tertiary/aromatic N) is 3. The summed E-state index contributed by atoms with van der Waals surface area (Å²) >= 11 is 0. The summed E-state index contributed by atoms with van der Waals surface area (Å²) in [7, 11) is 0. The molecule has 2 heterocycles. The first-order valence-electron chi connectivity index (χ1n) is 10.1. The van der Waals surface area contributed by atoms with Gasteiger partial charge in [-0.25, -0.2) is 9.18 Å². The average Bonchev–Trinajstić information content (AvgIpc) is 2.65. The molecule has 1 aromatic rings. The van der Waals surface area contributed by atoms with Gasteiger partial charge >= 0.3 is 6.03 Å². The summed E-state index contributed by atoms with van der Waals surface area (Å²) in [5.41, 5.74) is 0.137. The Kier molecular flexibility index (Phi) is 6.54. The van der Waals surface area contributed by atoms with Gasteiger partial charge in [-0.05, 0) is 45.8 Å². The van der Waals surface area contributed by atoms with Crippen LogP contribution in [0.5, 0.6) is 0 Å². The molecule has 0 aliphatic carbocycles. The van der Waals surface area contributed by atoms with Crippen molar-refractivity contribution in [1.29, 1.82) is 0 Å². The fraction of sp³-hybridized carbons (Fsp3) is 0.619. The summed E-state index contributed by atoms with van der Waals surface area (Å²) in [4.78, 5) is 30.7. The van der Waals surface area contributed by atoms with Crippen LogP contribution in [0.2, 0.25) is 0 Å². The molecular weight excluding hydrogens is 359 g/mol. The molecule has 0 spiro atoms. The molecule has 3 rings (SSSR count). The van der Waals surface area contributed by atoms with Crippen LogP contribution < -0.4 is 5.32 Å². The van der Waals surface area contributed by atoms with Crippen molar-refractivity contribution < 1.29 is 14.0 Å². The molecule has 2 saturated heterocycles. The number of piperazine rings is 1. The van der Waals surface area contributed by atoms with Crippen molar-refractivity contribution in [2.45, 2.75) is 45.2 Å². The lowest BCUT2D eigenvalue weighted by Gasteiger charge is -2.39. The predicted octanol–water partition coefficient (Wildman–Crippen LogP) is 2.44. The molecule has 2 aliphatic heterocycles. The second kappa shape index (κ2) is 8.90. The van der Waals surface area contributed by atoms with Crippen molar-refractivity contribution in [3.8, 4) is 0 Å². The van der Waals surface area contributed by atoms with Gasteiger partial charge in [0.2, 0.25) is 5.91 Å². The van der Waals surface area contributed by atoms with E-state index in [1.807, 2.05) is 13.8 Å². The Hall–Kier alpha value is -2.15. The van der Waals surface area contributed by atoms with E-state index < -0.39 is 0 Å². The number of likely N-dealkylation sites (tertiary alicyclic amines) is 1. The third-order valence-corrected chi connectivity index (χ3v) is 5.44. The number of halogens is 1. The Morgan fingerprint density at radius 3 is 2.50 bits per heavy atom. The summed E-state index contributed by atoms with van der Waals surface area (Å²) < 4.78 is 13.8. The average molecular weight is 391 g/mol. The second-order valence-corrected chi connectivity index (χ2v) is 8.48. The minimum atomic E-state index is -0.359. The number of benzene rings is 1. The lowest BCUT2D eigenvalue weighted by atomic mass is 10.0. The maximum atomic E-state index is 13.8. The summed E-state index contributed by atoms with van der Waals surface area (Å²) in [5.74, 6) is -0.464. The van der Waals surface area contributed by atoms with Crippen LogP contribution >= 0.6 is 0 Å². The zero-order chi connectivity index (χ0) is 20.1. The molecule has 0 aromatic heterocycles. The van der Waals surface area contributed by atoms with Crippen LogP contribution in [-0.2, 0) is 11.3 Å². The highest BCUT2D eigenvalue weighted by molar-refractivity contribution is 5.85. The lowest BCUT2D eigenvalue weighted by Crippen LogP contribution is -2.59. The molecule has 154 valence electrons. The van der Waals surface area contributed by atoms with Crippen molar-refractivity contribution in [2.75, 3.05) is 39.3 Å². The Morgan fingerprint density at radius 1 is 1.11 bits per heavy atom. The summed E-state index contributed by atoms with van der Waals surface area (Å²) in [5, 5.41) is 3.08. The normalized spacial score (nSPS) is 19.0. The van der Waals surface area contributed by atoms with Gasteiger partial charge in [0.05, 0.1) is 0 Å². The van der Waals surface area contributed by atoms with Crippen LogP contribution in [0, 0.1) is 5.82 Å². The minimum Gasteiger partial charge on any atom is -0.335 e. The smallest absolute Gasteiger partial charge is 0.318 e. The van der Waals surface area contributed by atoms with Gasteiger partial charge in [0.1, 0.15) is 12.4 Å². The van der Waals surface area contributed by atoms with Crippen molar-refractivity contribution in [1.82, 2.24) is 20.0 Å². The summed E-state index contributed by atoms with van der Waals surface area (Å²) in [6, 6.07) is 6.27. The number of carbonyl (C=O) groups excluding carboxylic acids is 2. The maximum Gasteiger partial charge on any atom is 0.318 e. The first kappa shape index (κ1) is 20.6. The Balaban J connectivity index is 1.50. The number of hydrogen-bond acceptors (Lipinski definition) is 3. The monoisotopic (exact) mass is 390 g/mol. The minimum absolute atomic E-state index is 0.0279. The number of amides is 3. The van der Waals surface area contributed by atoms with Gasteiger partial charge in [0.25, 0.3) is 0 Å². The van der Waals surface area contributed by atoms with E-state index in [0.29, 0.717) is 18.7 Å². The fourth-order valence-corrected chi connectivity index (χ4v) is 3.97. The third-order valence-electron chi connectivity index (χ3n) is 5.44. The van der Waals surface area contributed by atoms with E-state index in [1.165, 1.54) is 25.3 Å². The summed E-state index contributed by atoms with van der Waals surface area (Å²) in [6.45, 7) is 8.13. The zero-order valence-electron chi connectivity index (χ0n) is 16.9. The van der Waals surface area contributed by atoms with Gasteiger partial charge < -0.3 is 20.0 Å². The summed E-state index contributed by atoms with van der Waals surface area (Å²) in [6.07, 6.45) is 3.70. The highest BCUT2D eigenvalue weighted by atomic mass is 19.1. The molecular formula is C21H31FN4O2. The Bertz CT molecular complexity index is 703. The number of hydrogen-bond donors (Lipinski definition) is 1. The van der Waals surface area contributed by atoms with Gasteiger partial charge in [0.15, 0.2) is 0 Å². The molecule has 0 unspecified atom stereocenters. The van der Waals surface area contributed by atoms with E-state index in [0.717, 1.165) is 19.6 Å². The molecule has 6 nitrogen and oxygen atoms in total. The van der Waals surface area contributed by atoms with Gasteiger partial charge in [0, 0.05) is 37.3 Å². The van der Waals surface area contributed by atoms with Crippen LogP contribution in [0.3, 0.4) is 0 Å². The largest absolute Gasteiger partial charge is 0.335 e. The highest BCUT2D eigenvalue weighted by Crippen LogP contribution is 2.16. The van der Waals surface area contributed by atoms with Crippen LogP contribution in [0.15, 0.2) is 24.3 Å². The van der Waals surface area contributed by atoms with Crippen LogP contribution in [-0.4, -0.2) is 71.4 Å². The molecule has 0 saturated carbocycles. The van der Waals surface area contributed by atoms with E-state index in [2.05, 4.69) is 10.2 Å². The first-order chi connectivity index (χ1) is 13.3. The van der Waals surface area contributed by atoms with Gasteiger partial charge in [-0.1, -0.05) is 24.6 Å². The molecule has 1 N–H and O–H groups in total. The quantitative estimate of drug-likeness (QED) is 0.840. The molecule has 1 aromatic carbocycles. The Morgan fingerprint density at radius 2 is 1.82 bits per heavy atom. The van der Waals surface area contributed by atoms with E-state index in [4.69, 9.17) is 0 Å². The third kappa shape index (κ3) is 5.44. The molecule has 3 amide bonds. The van der Waals surface area contributed by atoms with Crippen LogP contribution in [0.25, 0.3) is 0 Å². The lowest BCUT2D eigenvalue weighted by molar-refractivity contribution is -0.135. The predicted molar refractivity (Wildman–Crippen MR) is 106 cm³/mol. The fourth-order valence-electron chi connectivity index (χ4n) is 3.97. The number of urea groups is 1. The van der Waals surface area contributed by atoms with Gasteiger partial charge in [-0.2, -0.15) is 0 Å². The van der Waals surface area contributed by atoms with Crippen molar-refractivity contribution in [3.05, 3.63) is 35.6 Å². The molecule has 0 radical (unpaired) electrons. The molecule has 7 heteroatoms. The van der Waals surface area contributed by atoms with Crippen LogP contribution in [0.1, 0.15) is 38.7 Å². The molecule has 0 atom stereocenters. The number of nitrogens with one attached hydrogen (secondary N) is 1. The first-order valence-corrected chi connectivity index (χ1v) is 10.1. The van der Waals surface area contributed by atoms with E-state index in [-0.39, 0.29) is 36.4 Å². The topological polar surface area (TPSA) is 55.9 Å². The van der Waals surface area contributed by atoms with Crippen molar-refractivity contribution in [2.24, 2.45) is 0 Å². The second-order valence-electron chi connectivity index (χ2n) is 8.48. The van der Waals surface area contributed by atoms with Gasteiger partial charge in [-0.15, -0.1) is 0 Å². The standard InChI is InChI=1S/C21H31FN4O2/c1-21(2,16-24-10-6-3-7-11-24)23-20(28)26-13-12-25(19(27)15-26)14-17-8-4-5-9-18(17)22/h4-5,8-9H,3,6-7,10-16H2,1-2H3,(H,23,28). The van der Waals surface area contributed by atoms with E-state index >= 15 is 0 Å². The van der Waals surface area contributed by atoms with E-state index in [1.54, 1.807) is 28.0 Å². The SMILES string of the molecule is CC(C)(CN1CCCCC1)NC(=O)N1CCN(Cc2ccccc2F)C(=O)C1. The number of carbonyl (C=O) groups is 2. The molecule has 28 heavy (non-hydrogen) atoms. The van der Waals surface area contributed by atoms with Crippen molar-refractivity contribution in [3.63, 3.8) is 0 Å². The molecule has 0 bridgehead atoms. The van der Waals surface area contributed by atoms with Crippen molar-refractivity contribution >= 4 is 11.9 Å².